The van der Waals surface area contributed by atoms with Gasteiger partial charge in [-0.1, -0.05) is 84.4 Å². The number of benzene rings is 4. The number of nitrogens with zero attached hydrogens (tertiary/aromatic N) is 1. The van der Waals surface area contributed by atoms with Gasteiger partial charge in [0.25, 0.3) is 10.0 Å². The van der Waals surface area contributed by atoms with Gasteiger partial charge >= 0.3 is 0 Å². The second-order valence-corrected chi connectivity index (χ2v) is 11.4. The molecule has 0 bridgehead atoms. The van der Waals surface area contributed by atoms with Crippen molar-refractivity contribution in [1.29, 1.82) is 0 Å². The van der Waals surface area contributed by atoms with Gasteiger partial charge in [-0.3, -0.25) is 4.31 Å². The zero-order valence-electron chi connectivity index (χ0n) is 20.1. The first-order valence-corrected chi connectivity index (χ1v) is 14.0. The van der Waals surface area contributed by atoms with E-state index in [9.17, 15) is 8.42 Å². The summed E-state index contributed by atoms with van der Waals surface area (Å²) in [6.45, 7) is 2.89. The number of halogens is 1. The average molecular weight is 517 g/mol. The van der Waals surface area contributed by atoms with Gasteiger partial charge in [0.1, 0.15) is 0 Å². The summed E-state index contributed by atoms with van der Waals surface area (Å²) in [6, 6.07) is 32.8. The van der Waals surface area contributed by atoms with E-state index in [2.05, 4.69) is 60.8 Å². The van der Waals surface area contributed by atoms with Crippen LogP contribution in [0, 0.1) is 0 Å². The minimum Gasteiger partial charge on any atom is -0.306 e. The van der Waals surface area contributed by atoms with Crippen molar-refractivity contribution < 1.29 is 8.42 Å². The lowest BCUT2D eigenvalue weighted by molar-refractivity contribution is 0.557. The van der Waals surface area contributed by atoms with Gasteiger partial charge in [-0.05, 0) is 72.4 Å². The molecule has 0 saturated heterocycles. The van der Waals surface area contributed by atoms with E-state index in [1.165, 1.54) is 5.56 Å². The van der Waals surface area contributed by atoms with Crippen LogP contribution >= 0.6 is 11.6 Å². The molecule has 4 aromatic rings. The van der Waals surface area contributed by atoms with Gasteiger partial charge < -0.3 is 5.32 Å². The molecule has 6 heteroatoms. The fourth-order valence-electron chi connectivity index (χ4n) is 4.82. The number of fused-ring (bicyclic) bond motifs is 1. The third-order valence-corrected chi connectivity index (χ3v) is 8.94. The van der Waals surface area contributed by atoms with E-state index in [0.717, 1.165) is 35.3 Å². The molecule has 1 unspecified atom stereocenters. The molecule has 0 radical (unpaired) electrons. The highest BCUT2D eigenvalue weighted by atomic mass is 35.5. The van der Waals surface area contributed by atoms with Crippen LogP contribution in [0.4, 0.5) is 5.69 Å². The highest BCUT2D eigenvalue weighted by Gasteiger charge is 2.36. The number of anilines is 1. The number of sulfonamides is 1. The standard InChI is InChI=1S/C30H29ClN2O2S/c1-22(24-7-3-2-4-8-24)32-21-23-11-13-26(14-12-23)30-20-15-25-9-5-6-10-29(25)33(30)36(34,35)28-18-16-27(31)17-19-28/h2-14,16-19,22,30,32H,15,20-21H2,1H3/t22-,30?/m1/s1. The van der Waals surface area contributed by atoms with Crippen LogP contribution in [0.5, 0.6) is 0 Å². The second-order valence-electron chi connectivity index (χ2n) is 9.19. The summed E-state index contributed by atoms with van der Waals surface area (Å²) >= 11 is 6.03. The minimum absolute atomic E-state index is 0.237. The molecule has 0 spiro atoms. The van der Waals surface area contributed by atoms with Crippen molar-refractivity contribution in [1.82, 2.24) is 5.32 Å². The van der Waals surface area contributed by atoms with E-state index in [1.807, 2.05) is 30.3 Å². The summed E-state index contributed by atoms with van der Waals surface area (Å²) in [6.07, 6.45) is 1.54. The molecule has 36 heavy (non-hydrogen) atoms. The summed E-state index contributed by atoms with van der Waals surface area (Å²) in [5.74, 6) is 0. The highest BCUT2D eigenvalue weighted by molar-refractivity contribution is 7.92. The van der Waals surface area contributed by atoms with Gasteiger partial charge in [-0.2, -0.15) is 0 Å². The third kappa shape index (κ3) is 5.05. The quantitative estimate of drug-likeness (QED) is 0.285. The van der Waals surface area contributed by atoms with Crippen molar-refractivity contribution in [3.63, 3.8) is 0 Å². The van der Waals surface area contributed by atoms with Gasteiger partial charge in [0, 0.05) is 17.6 Å². The molecule has 5 rings (SSSR count). The molecule has 1 N–H and O–H groups in total. The van der Waals surface area contributed by atoms with E-state index in [0.29, 0.717) is 11.4 Å². The summed E-state index contributed by atoms with van der Waals surface area (Å²) in [5, 5.41) is 4.08. The van der Waals surface area contributed by atoms with E-state index in [-0.39, 0.29) is 17.0 Å². The molecule has 0 aromatic heterocycles. The Morgan fingerprint density at radius 2 is 1.56 bits per heavy atom. The van der Waals surface area contributed by atoms with Crippen LogP contribution in [0.3, 0.4) is 0 Å². The number of rotatable bonds is 7. The molecule has 1 heterocycles. The molecule has 0 saturated carbocycles. The molecule has 0 amide bonds. The van der Waals surface area contributed by atoms with Crippen molar-refractivity contribution >= 4 is 27.3 Å². The number of aryl methyl sites for hydroxylation is 1. The van der Waals surface area contributed by atoms with Gasteiger partial charge in [0.05, 0.1) is 16.6 Å². The average Bonchev–Trinajstić information content (AvgIpc) is 2.92. The fourth-order valence-corrected chi connectivity index (χ4v) is 6.65. The van der Waals surface area contributed by atoms with Gasteiger partial charge in [-0.25, -0.2) is 8.42 Å². The summed E-state index contributed by atoms with van der Waals surface area (Å²) in [4.78, 5) is 0.240. The molecule has 1 aliphatic rings. The van der Waals surface area contributed by atoms with Crippen LogP contribution in [0.15, 0.2) is 108 Å². The molecule has 4 nitrogen and oxygen atoms in total. The van der Waals surface area contributed by atoms with Crippen LogP contribution in [-0.4, -0.2) is 8.42 Å². The predicted molar refractivity (Wildman–Crippen MR) is 147 cm³/mol. The Morgan fingerprint density at radius 3 is 2.28 bits per heavy atom. The molecular formula is C30H29ClN2O2S. The Balaban J connectivity index is 1.42. The zero-order chi connectivity index (χ0) is 25.1. The van der Waals surface area contributed by atoms with Crippen LogP contribution < -0.4 is 9.62 Å². The Kier molecular flexibility index (Phi) is 7.15. The lowest BCUT2D eigenvalue weighted by atomic mass is 9.93. The lowest BCUT2D eigenvalue weighted by Gasteiger charge is -2.38. The van der Waals surface area contributed by atoms with Crippen molar-refractivity contribution in [2.45, 2.75) is 43.3 Å². The first kappa shape index (κ1) is 24.6. The van der Waals surface area contributed by atoms with Crippen LogP contribution in [0.25, 0.3) is 0 Å². The van der Waals surface area contributed by atoms with Crippen LogP contribution in [0.1, 0.15) is 47.7 Å². The Labute approximate surface area is 218 Å². The van der Waals surface area contributed by atoms with Gasteiger partial charge in [0.15, 0.2) is 0 Å². The number of hydrogen-bond acceptors (Lipinski definition) is 3. The molecule has 1 aliphatic heterocycles. The number of hydrogen-bond donors (Lipinski definition) is 1. The smallest absolute Gasteiger partial charge is 0.264 e. The van der Waals surface area contributed by atoms with Gasteiger partial charge in [-0.15, -0.1) is 0 Å². The largest absolute Gasteiger partial charge is 0.306 e. The lowest BCUT2D eigenvalue weighted by Crippen LogP contribution is -2.38. The van der Waals surface area contributed by atoms with Gasteiger partial charge in [0.2, 0.25) is 0 Å². The Morgan fingerprint density at radius 1 is 0.889 bits per heavy atom. The van der Waals surface area contributed by atoms with E-state index in [1.54, 1.807) is 28.6 Å². The predicted octanol–water partition coefficient (Wildman–Crippen LogP) is 7.07. The maximum absolute atomic E-state index is 13.9. The molecule has 4 aromatic carbocycles. The Hall–Kier alpha value is -3.12. The molecule has 0 fully saturated rings. The van der Waals surface area contributed by atoms with Crippen LogP contribution in [-0.2, 0) is 23.0 Å². The Bertz CT molecular complexity index is 1420. The molecule has 184 valence electrons. The van der Waals surface area contributed by atoms with Crippen molar-refractivity contribution in [3.8, 4) is 0 Å². The first-order chi connectivity index (χ1) is 17.4. The van der Waals surface area contributed by atoms with Crippen LogP contribution in [0.2, 0.25) is 5.02 Å². The highest BCUT2D eigenvalue weighted by Crippen LogP contribution is 2.42. The molecule has 2 atom stereocenters. The summed E-state index contributed by atoms with van der Waals surface area (Å²) < 4.78 is 29.4. The topological polar surface area (TPSA) is 49.4 Å². The maximum atomic E-state index is 13.9. The second kappa shape index (κ2) is 10.5. The first-order valence-electron chi connectivity index (χ1n) is 12.2. The minimum atomic E-state index is -3.79. The van der Waals surface area contributed by atoms with E-state index in [4.69, 9.17) is 11.6 Å². The number of para-hydroxylation sites is 1. The monoisotopic (exact) mass is 516 g/mol. The molecule has 0 aliphatic carbocycles. The molecular weight excluding hydrogens is 488 g/mol. The normalized spacial score (nSPS) is 16.4. The van der Waals surface area contributed by atoms with E-state index >= 15 is 0 Å². The zero-order valence-corrected chi connectivity index (χ0v) is 21.7. The summed E-state index contributed by atoms with van der Waals surface area (Å²) in [5.41, 5.74) is 5.18. The van der Waals surface area contributed by atoms with Crippen molar-refractivity contribution in [3.05, 3.63) is 130 Å². The summed E-state index contributed by atoms with van der Waals surface area (Å²) in [7, 11) is -3.79. The maximum Gasteiger partial charge on any atom is 0.264 e. The van der Waals surface area contributed by atoms with Crippen molar-refractivity contribution in [2.24, 2.45) is 0 Å². The number of nitrogens with one attached hydrogen (secondary N) is 1. The van der Waals surface area contributed by atoms with Crippen molar-refractivity contribution in [2.75, 3.05) is 4.31 Å². The third-order valence-electron chi connectivity index (χ3n) is 6.85. The SMILES string of the molecule is C[C@@H](NCc1ccc(C2CCc3ccccc3N2S(=O)(=O)c2ccc(Cl)cc2)cc1)c1ccccc1. The van der Waals surface area contributed by atoms with E-state index < -0.39 is 10.0 Å². The fraction of sp³-hybridized carbons (Fsp3) is 0.200.